The molecule has 17 heavy (non-hydrogen) atoms. The van der Waals surface area contributed by atoms with Gasteiger partial charge in [-0.25, -0.2) is 4.79 Å². The third-order valence-corrected chi connectivity index (χ3v) is 3.04. The van der Waals surface area contributed by atoms with Gasteiger partial charge in [0.15, 0.2) is 6.29 Å². The van der Waals surface area contributed by atoms with E-state index in [4.69, 9.17) is 0 Å². The zero-order chi connectivity index (χ0) is 13.2. The molecule has 94 valence electrons. The van der Waals surface area contributed by atoms with Gasteiger partial charge in [-0.15, -0.1) is 0 Å². The van der Waals surface area contributed by atoms with Gasteiger partial charge in [-0.2, -0.15) is 0 Å². The van der Waals surface area contributed by atoms with Crippen LogP contribution in [0.25, 0.3) is 0 Å². The second kappa shape index (κ2) is 5.12. The van der Waals surface area contributed by atoms with E-state index < -0.39 is 5.56 Å². The summed E-state index contributed by atoms with van der Waals surface area (Å²) in [5.74, 6) is 0. The summed E-state index contributed by atoms with van der Waals surface area (Å²) in [6, 6.07) is -0.0157. The molecule has 5 nitrogen and oxygen atoms in total. The number of aromatic nitrogens is 2. The fraction of sp³-hybridized carbons (Fsp3) is 0.583. The van der Waals surface area contributed by atoms with Crippen molar-refractivity contribution in [1.82, 2.24) is 9.13 Å². The molecule has 0 aliphatic carbocycles. The lowest BCUT2D eigenvalue weighted by molar-refractivity contribution is 0.111. The minimum atomic E-state index is -0.526. The highest BCUT2D eigenvalue weighted by atomic mass is 16.2. The van der Waals surface area contributed by atoms with E-state index in [9.17, 15) is 14.4 Å². The highest BCUT2D eigenvalue weighted by molar-refractivity contribution is 5.75. The molecule has 0 aliphatic heterocycles. The fourth-order valence-electron chi connectivity index (χ4n) is 2.06. The molecule has 0 spiro atoms. The highest BCUT2D eigenvalue weighted by Gasteiger charge is 2.16. The van der Waals surface area contributed by atoms with Crippen molar-refractivity contribution in [3.8, 4) is 0 Å². The molecule has 0 saturated carbocycles. The molecule has 0 aromatic carbocycles. The quantitative estimate of drug-likeness (QED) is 0.736. The second-order valence-electron chi connectivity index (χ2n) is 4.27. The molecule has 1 rings (SSSR count). The van der Waals surface area contributed by atoms with Crippen LogP contribution in [0, 0.1) is 6.92 Å². The maximum atomic E-state index is 12.0. The SMILES string of the molecule is CCCC(C)n1c(C)c(C=O)c(=O)n(C)c1=O. The summed E-state index contributed by atoms with van der Waals surface area (Å²) in [7, 11) is 1.40. The standard InChI is InChI=1S/C12H18N2O3/c1-5-6-8(2)14-9(3)10(7-15)11(16)13(4)12(14)17/h7-8H,5-6H2,1-4H3. The first-order valence-electron chi connectivity index (χ1n) is 5.73. The van der Waals surface area contributed by atoms with Crippen molar-refractivity contribution < 1.29 is 4.79 Å². The number of carbonyl (C=O) groups is 1. The van der Waals surface area contributed by atoms with Gasteiger partial charge in [-0.1, -0.05) is 13.3 Å². The van der Waals surface area contributed by atoms with E-state index in [1.807, 2.05) is 13.8 Å². The molecule has 0 aliphatic rings. The smallest absolute Gasteiger partial charge is 0.298 e. The predicted octanol–water partition coefficient (Wildman–Crippen LogP) is 1.03. The molecule has 1 heterocycles. The average Bonchev–Trinajstić information content (AvgIpc) is 2.27. The average molecular weight is 238 g/mol. The van der Waals surface area contributed by atoms with Gasteiger partial charge in [0, 0.05) is 18.8 Å². The molecule has 0 fully saturated rings. The van der Waals surface area contributed by atoms with Crippen LogP contribution in [0.15, 0.2) is 9.59 Å². The molecule has 0 amide bonds. The molecule has 1 aromatic heterocycles. The Morgan fingerprint density at radius 2 is 1.94 bits per heavy atom. The van der Waals surface area contributed by atoms with Crippen LogP contribution in [-0.4, -0.2) is 15.4 Å². The highest BCUT2D eigenvalue weighted by Crippen LogP contribution is 2.13. The molecular weight excluding hydrogens is 220 g/mol. The summed E-state index contributed by atoms with van der Waals surface area (Å²) in [5, 5.41) is 0. The second-order valence-corrected chi connectivity index (χ2v) is 4.27. The molecule has 1 unspecified atom stereocenters. The van der Waals surface area contributed by atoms with Crippen LogP contribution < -0.4 is 11.2 Å². The number of aldehydes is 1. The number of carbonyl (C=O) groups excluding carboxylic acids is 1. The van der Waals surface area contributed by atoms with Crippen LogP contribution in [0.4, 0.5) is 0 Å². The molecule has 0 saturated heterocycles. The van der Waals surface area contributed by atoms with Crippen molar-refractivity contribution in [3.05, 3.63) is 32.1 Å². The molecule has 1 aromatic rings. The molecular formula is C12H18N2O3. The van der Waals surface area contributed by atoms with Gasteiger partial charge in [-0.3, -0.25) is 18.7 Å². The van der Waals surface area contributed by atoms with Gasteiger partial charge < -0.3 is 0 Å². The van der Waals surface area contributed by atoms with Crippen molar-refractivity contribution in [2.75, 3.05) is 0 Å². The Labute approximate surface area is 99.7 Å². The van der Waals surface area contributed by atoms with Crippen LogP contribution in [0.1, 0.15) is 48.8 Å². The number of hydrogen-bond donors (Lipinski definition) is 0. The topological polar surface area (TPSA) is 61.1 Å². The Morgan fingerprint density at radius 3 is 2.41 bits per heavy atom. The van der Waals surface area contributed by atoms with Crippen molar-refractivity contribution >= 4 is 6.29 Å². The van der Waals surface area contributed by atoms with Gasteiger partial charge in [0.2, 0.25) is 0 Å². The summed E-state index contributed by atoms with van der Waals surface area (Å²) in [4.78, 5) is 34.6. The maximum Gasteiger partial charge on any atom is 0.331 e. The van der Waals surface area contributed by atoms with Crippen LogP contribution in [-0.2, 0) is 7.05 Å². The van der Waals surface area contributed by atoms with Crippen molar-refractivity contribution in [2.24, 2.45) is 7.05 Å². The van der Waals surface area contributed by atoms with E-state index in [1.54, 1.807) is 6.92 Å². The molecule has 0 bridgehead atoms. The summed E-state index contributed by atoms with van der Waals surface area (Å²) in [6.07, 6.45) is 2.29. The summed E-state index contributed by atoms with van der Waals surface area (Å²) in [5.41, 5.74) is -0.370. The maximum absolute atomic E-state index is 12.0. The third-order valence-electron chi connectivity index (χ3n) is 3.04. The van der Waals surface area contributed by atoms with E-state index in [0.717, 1.165) is 17.4 Å². The summed E-state index contributed by atoms with van der Waals surface area (Å²) >= 11 is 0. The van der Waals surface area contributed by atoms with Crippen LogP contribution in [0.3, 0.4) is 0 Å². The lowest BCUT2D eigenvalue weighted by Gasteiger charge is -2.19. The zero-order valence-corrected chi connectivity index (χ0v) is 10.7. The Hall–Kier alpha value is -1.65. The predicted molar refractivity (Wildman–Crippen MR) is 65.7 cm³/mol. The fourth-order valence-corrected chi connectivity index (χ4v) is 2.06. The monoisotopic (exact) mass is 238 g/mol. The first-order valence-corrected chi connectivity index (χ1v) is 5.73. The molecule has 5 heteroatoms. The summed E-state index contributed by atoms with van der Waals surface area (Å²) < 4.78 is 2.51. The molecule has 1 atom stereocenters. The van der Waals surface area contributed by atoms with Crippen LogP contribution in [0.2, 0.25) is 0 Å². The van der Waals surface area contributed by atoms with Gasteiger partial charge in [-0.05, 0) is 20.3 Å². The van der Waals surface area contributed by atoms with Crippen LogP contribution in [0.5, 0.6) is 0 Å². The zero-order valence-electron chi connectivity index (χ0n) is 10.7. The lowest BCUT2D eigenvalue weighted by Crippen LogP contribution is -2.42. The minimum absolute atomic E-state index is 0.0157. The molecule has 0 radical (unpaired) electrons. The van der Waals surface area contributed by atoms with Crippen molar-refractivity contribution in [1.29, 1.82) is 0 Å². The normalized spacial score (nSPS) is 12.5. The van der Waals surface area contributed by atoms with Gasteiger partial charge in [0.25, 0.3) is 5.56 Å². The van der Waals surface area contributed by atoms with Gasteiger partial charge in [0.1, 0.15) is 0 Å². The third kappa shape index (κ3) is 2.23. The van der Waals surface area contributed by atoms with Crippen LogP contribution >= 0.6 is 0 Å². The Balaban J connectivity index is 3.61. The van der Waals surface area contributed by atoms with Gasteiger partial charge >= 0.3 is 5.69 Å². The Bertz CT molecular complexity index is 540. The van der Waals surface area contributed by atoms with E-state index in [0.29, 0.717) is 12.0 Å². The Morgan fingerprint density at radius 1 is 1.35 bits per heavy atom. The largest absolute Gasteiger partial charge is 0.331 e. The number of hydrogen-bond acceptors (Lipinski definition) is 3. The summed E-state index contributed by atoms with van der Waals surface area (Å²) in [6.45, 7) is 5.58. The van der Waals surface area contributed by atoms with E-state index in [-0.39, 0.29) is 17.3 Å². The minimum Gasteiger partial charge on any atom is -0.298 e. The van der Waals surface area contributed by atoms with E-state index in [1.165, 1.54) is 11.6 Å². The first kappa shape index (κ1) is 13.4. The first-order chi connectivity index (χ1) is 7.95. The lowest BCUT2D eigenvalue weighted by atomic mass is 10.1. The number of rotatable bonds is 4. The van der Waals surface area contributed by atoms with Crippen molar-refractivity contribution in [3.63, 3.8) is 0 Å². The molecule has 0 N–H and O–H groups in total. The Kier molecular flexibility index (Phi) is 4.04. The van der Waals surface area contributed by atoms with Crippen molar-refractivity contribution in [2.45, 2.75) is 39.7 Å². The van der Waals surface area contributed by atoms with Gasteiger partial charge in [0.05, 0.1) is 5.56 Å². The number of nitrogens with zero attached hydrogens (tertiary/aromatic N) is 2. The van der Waals surface area contributed by atoms with E-state index >= 15 is 0 Å². The van der Waals surface area contributed by atoms with E-state index in [2.05, 4.69) is 0 Å².